The van der Waals surface area contributed by atoms with Crippen molar-refractivity contribution in [2.24, 2.45) is 0 Å². The molecule has 4 nitrogen and oxygen atoms in total. The van der Waals surface area contributed by atoms with Gasteiger partial charge in [0.2, 0.25) is 0 Å². The SMILES string of the molecule is COC(=O)c1ccc(Oc2ncccc2F)cc1. The van der Waals surface area contributed by atoms with Crippen LogP contribution in [0.5, 0.6) is 11.6 Å². The van der Waals surface area contributed by atoms with Crippen LogP contribution >= 0.6 is 0 Å². The third kappa shape index (κ3) is 2.63. The maximum atomic E-state index is 13.3. The summed E-state index contributed by atoms with van der Waals surface area (Å²) in [7, 11) is 1.30. The molecule has 0 spiro atoms. The first kappa shape index (κ1) is 12.0. The van der Waals surface area contributed by atoms with Crippen LogP contribution in [-0.2, 0) is 4.74 Å². The number of carbonyl (C=O) groups excluding carboxylic acids is 1. The summed E-state index contributed by atoms with van der Waals surface area (Å²) in [5.41, 5.74) is 0.395. The molecule has 0 aliphatic rings. The second-order valence-corrected chi connectivity index (χ2v) is 3.41. The Labute approximate surface area is 103 Å². The lowest BCUT2D eigenvalue weighted by Gasteiger charge is -2.05. The van der Waals surface area contributed by atoms with Gasteiger partial charge in [0.25, 0.3) is 5.88 Å². The second-order valence-electron chi connectivity index (χ2n) is 3.41. The molecule has 1 aromatic heterocycles. The number of pyridine rings is 1. The molecule has 0 unspecified atom stereocenters. The average molecular weight is 247 g/mol. The van der Waals surface area contributed by atoms with Gasteiger partial charge in [0.05, 0.1) is 12.7 Å². The van der Waals surface area contributed by atoms with Gasteiger partial charge in [-0.15, -0.1) is 0 Å². The molecule has 0 amide bonds. The predicted octanol–water partition coefficient (Wildman–Crippen LogP) is 2.80. The van der Waals surface area contributed by atoms with Crippen molar-refractivity contribution in [1.29, 1.82) is 0 Å². The number of halogens is 1. The lowest BCUT2D eigenvalue weighted by Crippen LogP contribution is -2.00. The van der Waals surface area contributed by atoms with Gasteiger partial charge >= 0.3 is 5.97 Å². The van der Waals surface area contributed by atoms with Crippen LogP contribution in [0, 0.1) is 5.82 Å². The van der Waals surface area contributed by atoms with Gasteiger partial charge < -0.3 is 9.47 Å². The molecule has 92 valence electrons. The first-order chi connectivity index (χ1) is 8.70. The molecular formula is C13H10FNO3. The fourth-order valence-corrected chi connectivity index (χ4v) is 1.33. The van der Waals surface area contributed by atoms with E-state index in [-0.39, 0.29) is 5.88 Å². The van der Waals surface area contributed by atoms with Gasteiger partial charge in [-0.2, -0.15) is 0 Å². The molecule has 1 aromatic carbocycles. The van der Waals surface area contributed by atoms with Crippen LogP contribution in [-0.4, -0.2) is 18.1 Å². The molecule has 5 heteroatoms. The van der Waals surface area contributed by atoms with Crippen LogP contribution in [0.2, 0.25) is 0 Å². The zero-order valence-electron chi connectivity index (χ0n) is 9.59. The number of carbonyl (C=O) groups is 1. The molecular weight excluding hydrogens is 237 g/mol. The van der Waals surface area contributed by atoms with Gasteiger partial charge in [0.1, 0.15) is 5.75 Å². The van der Waals surface area contributed by atoms with E-state index in [0.717, 1.165) is 0 Å². The topological polar surface area (TPSA) is 48.4 Å². The van der Waals surface area contributed by atoms with Crippen molar-refractivity contribution in [3.8, 4) is 11.6 Å². The summed E-state index contributed by atoms with van der Waals surface area (Å²) in [6.07, 6.45) is 1.43. The molecule has 0 atom stereocenters. The highest BCUT2D eigenvalue weighted by Crippen LogP contribution is 2.22. The minimum Gasteiger partial charge on any atom is -0.465 e. The van der Waals surface area contributed by atoms with Gasteiger partial charge in [0, 0.05) is 6.20 Å². The fraction of sp³-hybridized carbons (Fsp3) is 0.0769. The smallest absolute Gasteiger partial charge is 0.337 e. The Bertz CT molecular complexity index is 554. The lowest BCUT2D eigenvalue weighted by molar-refractivity contribution is 0.0600. The molecule has 0 N–H and O–H groups in total. The Kier molecular flexibility index (Phi) is 3.52. The van der Waals surface area contributed by atoms with E-state index in [0.29, 0.717) is 11.3 Å². The standard InChI is InChI=1S/C13H10FNO3/c1-17-13(16)9-4-6-10(7-5-9)18-12-11(14)3-2-8-15-12/h2-8H,1H3. The molecule has 1 heterocycles. The van der Waals surface area contributed by atoms with Gasteiger partial charge in [-0.3, -0.25) is 0 Å². The summed E-state index contributed by atoms with van der Waals surface area (Å²) in [5, 5.41) is 0. The molecule has 0 aliphatic heterocycles. The van der Waals surface area contributed by atoms with Crippen molar-refractivity contribution >= 4 is 5.97 Å². The molecule has 0 radical (unpaired) electrons. The van der Waals surface area contributed by atoms with E-state index in [1.165, 1.54) is 37.6 Å². The number of aromatic nitrogens is 1. The van der Waals surface area contributed by atoms with Gasteiger partial charge in [0.15, 0.2) is 5.82 Å². The third-order valence-electron chi connectivity index (χ3n) is 2.21. The number of esters is 1. The number of rotatable bonds is 3. The second kappa shape index (κ2) is 5.27. The highest BCUT2D eigenvalue weighted by Gasteiger charge is 2.07. The monoisotopic (exact) mass is 247 g/mol. The molecule has 0 aliphatic carbocycles. The van der Waals surface area contributed by atoms with Crippen LogP contribution in [0.4, 0.5) is 4.39 Å². The zero-order chi connectivity index (χ0) is 13.0. The third-order valence-corrected chi connectivity index (χ3v) is 2.21. The number of methoxy groups -OCH3 is 1. The molecule has 0 saturated heterocycles. The Morgan fingerprint density at radius 2 is 1.94 bits per heavy atom. The first-order valence-corrected chi connectivity index (χ1v) is 5.17. The van der Waals surface area contributed by atoms with Crippen LogP contribution in [0.25, 0.3) is 0 Å². The summed E-state index contributed by atoms with van der Waals surface area (Å²) >= 11 is 0. The molecule has 0 fully saturated rings. The summed E-state index contributed by atoms with van der Waals surface area (Å²) < 4.78 is 23.1. The van der Waals surface area contributed by atoms with Crippen LogP contribution in [0.15, 0.2) is 42.6 Å². The van der Waals surface area contributed by atoms with Crippen molar-refractivity contribution in [2.45, 2.75) is 0 Å². The number of hydrogen-bond acceptors (Lipinski definition) is 4. The van der Waals surface area contributed by atoms with Gasteiger partial charge in [-0.1, -0.05) is 0 Å². The molecule has 0 saturated carbocycles. The van der Waals surface area contributed by atoms with E-state index in [4.69, 9.17) is 4.74 Å². The van der Waals surface area contributed by atoms with Crippen molar-refractivity contribution in [1.82, 2.24) is 4.98 Å². The highest BCUT2D eigenvalue weighted by atomic mass is 19.1. The lowest BCUT2D eigenvalue weighted by atomic mass is 10.2. The molecule has 18 heavy (non-hydrogen) atoms. The molecule has 2 aromatic rings. The highest BCUT2D eigenvalue weighted by molar-refractivity contribution is 5.89. The Balaban J connectivity index is 2.16. The summed E-state index contributed by atoms with van der Waals surface area (Å²) in [6.45, 7) is 0. The van der Waals surface area contributed by atoms with Crippen molar-refractivity contribution in [3.63, 3.8) is 0 Å². The van der Waals surface area contributed by atoms with E-state index in [2.05, 4.69) is 9.72 Å². The van der Waals surface area contributed by atoms with E-state index in [1.807, 2.05) is 0 Å². The molecule has 0 bridgehead atoms. The van der Waals surface area contributed by atoms with Gasteiger partial charge in [-0.05, 0) is 36.4 Å². The van der Waals surface area contributed by atoms with Gasteiger partial charge in [-0.25, -0.2) is 14.2 Å². The predicted molar refractivity (Wildman–Crippen MR) is 62.1 cm³/mol. The largest absolute Gasteiger partial charge is 0.465 e. The molecule has 2 rings (SSSR count). The Hall–Kier alpha value is -2.43. The van der Waals surface area contributed by atoms with E-state index >= 15 is 0 Å². The Morgan fingerprint density at radius 3 is 2.56 bits per heavy atom. The van der Waals surface area contributed by atoms with Crippen molar-refractivity contribution in [2.75, 3.05) is 7.11 Å². The summed E-state index contributed by atoms with van der Waals surface area (Å²) in [4.78, 5) is 15.0. The van der Waals surface area contributed by atoms with E-state index in [1.54, 1.807) is 12.1 Å². The minimum atomic E-state index is -0.547. The zero-order valence-corrected chi connectivity index (χ0v) is 9.59. The normalized spacial score (nSPS) is 9.89. The average Bonchev–Trinajstić information content (AvgIpc) is 2.41. The van der Waals surface area contributed by atoms with E-state index < -0.39 is 11.8 Å². The van der Waals surface area contributed by atoms with Crippen LogP contribution in [0.1, 0.15) is 10.4 Å². The Morgan fingerprint density at radius 1 is 1.22 bits per heavy atom. The summed E-state index contributed by atoms with van der Waals surface area (Å²) in [5.74, 6) is -0.705. The van der Waals surface area contributed by atoms with Crippen molar-refractivity contribution < 1.29 is 18.7 Å². The van der Waals surface area contributed by atoms with Crippen LogP contribution < -0.4 is 4.74 Å². The number of ether oxygens (including phenoxy) is 2. The first-order valence-electron chi connectivity index (χ1n) is 5.17. The summed E-state index contributed by atoms with van der Waals surface area (Å²) in [6, 6.07) is 8.87. The fourth-order valence-electron chi connectivity index (χ4n) is 1.33. The van der Waals surface area contributed by atoms with Crippen molar-refractivity contribution in [3.05, 3.63) is 54.0 Å². The maximum Gasteiger partial charge on any atom is 0.337 e. The number of nitrogens with zero attached hydrogens (tertiary/aromatic N) is 1. The van der Waals surface area contributed by atoms with Crippen LogP contribution in [0.3, 0.4) is 0 Å². The van der Waals surface area contributed by atoms with E-state index in [9.17, 15) is 9.18 Å². The number of hydrogen-bond donors (Lipinski definition) is 0. The quantitative estimate of drug-likeness (QED) is 0.782. The maximum absolute atomic E-state index is 13.3. The number of benzene rings is 1. The minimum absolute atomic E-state index is 0.108.